The number of rotatable bonds is 4. The van der Waals surface area contributed by atoms with Crippen molar-refractivity contribution in [3.8, 4) is 0 Å². The van der Waals surface area contributed by atoms with E-state index in [1.807, 2.05) is 31.2 Å². The molecule has 0 saturated carbocycles. The second-order valence-corrected chi connectivity index (χ2v) is 5.06. The van der Waals surface area contributed by atoms with Gasteiger partial charge in [0.25, 0.3) is 0 Å². The maximum Gasteiger partial charge on any atom is 0.134 e. The van der Waals surface area contributed by atoms with E-state index in [0.29, 0.717) is 5.92 Å². The molecule has 0 fully saturated rings. The Hall–Kier alpha value is -1.28. The van der Waals surface area contributed by atoms with E-state index in [9.17, 15) is 5.11 Å². The Bertz CT molecular complexity index is 497. The van der Waals surface area contributed by atoms with Gasteiger partial charge in [-0.2, -0.15) is 0 Å². The van der Waals surface area contributed by atoms with Crippen molar-refractivity contribution in [2.75, 3.05) is 0 Å². The number of aliphatic hydroxyl groups excluding tert-OH is 1. The first kappa shape index (κ1) is 12.2. The molecule has 17 heavy (non-hydrogen) atoms. The fourth-order valence-electron chi connectivity index (χ4n) is 2.24. The Morgan fingerprint density at radius 1 is 1.18 bits per heavy atom. The van der Waals surface area contributed by atoms with Crippen LogP contribution in [-0.4, -0.2) is 5.11 Å². The highest BCUT2D eigenvalue weighted by Crippen LogP contribution is 2.32. The van der Waals surface area contributed by atoms with Crippen LogP contribution in [0.3, 0.4) is 0 Å². The molecule has 0 aliphatic heterocycles. The van der Waals surface area contributed by atoms with Crippen LogP contribution in [0.4, 0.5) is 0 Å². The first-order chi connectivity index (χ1) is 8.09. The van der Waals surface area contributed by atoms with Crippen LogP contribution in [0, 0.1) is 12.8 Å². The Kier molecular flexibility index (Phi) is 3.53. The molecule has 92 valence electrons. The Balaban J connectivity index is 2.30. The van der Waals surface area contributed by atoms with Crippen molar-refractivity contribution in [3.05, 3.63) is 35.6 Å². The molecular formula is C15H20O2. The Morgan fingerprint density at radius 3 is 2.59 bits per heavy atom. The third-order valence-electron chi connectivity index (χ3n) is 3.17. The van der Waals surface area contributed by atoms with Gasteiger partial charge in [-0.05, 0) is 31.7 Å². The lowest BCUT2D eigenvalue weighted by atomic mass is 9.98. The average Bonchev–Trinajstić information content (AvgIpc) is 2.61. The maximum absolute atomic E-state index is 10.3. The molecule has 0 saturated heterocycles. The molecule has 0 amide bonds. The van der Waals surface area contributed by atoms with Gasteiger partial charge in [0.1, 0.15) is 11.3 Å². The average molecular weight is 232 g/mol. The number of furan rings is 1. The van der Waals surface area contributed by atoms with Crippen molar-refractivity contribution < 1.29 is 9.52 Å². The summed E-state index contributed by atoms with van der Waals surface area (Å²) in [6, 6.07) is 7.90. The van der Waals surface area contributed by atoms with Crippen molar-refractivity contribution >= 4 is 11.0 Å². The molecule has 1 heterocycles. The van der Waals surface area contributed by atoms with Crippen LogP contribution in [0.25, 0.3) is 11.0 Å². The molecule has 1 atom stereocenters. The number of para-hydroxylation sites is 1. The van der Waals surface area contributed by atoms with Gasteiger partial charge in [-0.1, -0.05) is 32.0 Å². The standard InChI is InChI=1S/C15H20O2/c1-10(2)8-9-13(16)15-11(3)17-14-7-5-4-6-12(14)15/h4-7,10,13,16H,8-9H2,1-3H3. The highest BCUT2D eigenvalue weighted by Gasteiger charge is 2.18. The molecular weight excluding hydrogens is 212 g/mol. The molecule has 1 N–H and O–H groups in total. The van der Waals surface area contributed by atoms with E-state index >= 15 is 0 Å². The van der Waals surface area contributed by atoms with Gasteiger partial charge in [0, 0.05) is 10.9 Å². The van der Waals surface area contributed by atoms with Crippen molar-refractivity contribution in [2.45, 2.75) is 39.7 Å². The fourth-order valence-corrected chi connectivity index (χ4v) is 2.24. The Labute approximate surface area is 102 Å². The number of aliphatic hydroxyl groups is 1. The lowest BCUT2D eigenvalue weighted by molar-refractivity contribution is 0.158. The van der Waals surface area contributed by atoms with Gasteiger partial charge in [0.15, 0.2) is 0 Å². The molecule has 2 rings (SSSR count). The zero-order valence-corrected chi connectivity index (χ0v) is 10.7. The van der Waals surface area contributed by atoms with Crippen molar-refractivity contribution in [1.82, 2.24) is 0 Å². The van der Waals surface area contributed by atoms with Gasteiger partial charge in [0.05, 0.1) is 6.10 Å². The van der Waals surface area contributed by atoms with E-state index < -0.39 is 6.10 Å². The molecule has 0 radical (unpaired) electrons. The summed E-state index contributed by atoms with van der Waals surface area (Å²) < 4.78 is 5.67. The van der Waals surface area contributed by atoms with Crippen LogP contribution in [0.15, 0.2) is 28.7 Å². The molecule has 0 bridgehead atoms. The number of hydrogen-bond acceptors (Lipinski definition) is 2. The van der Waals surface area contributed by atoms with Crippen LogP contribution in [0.2, 0.25) is 0 Å². The quantitative estimate of drug-likeness (QED) is 0.856. The molecule has 0 aliphatic rings. The van der Waals surface area contributed by atoms with E-state index in [4.69, 9.17) is 4.42 Å². The zero-order chi connectivity index (χ0) is 12.4. The number of benzene rings is 1. The number of fused-ring (bicyclic) bond motifs is 1. The first-order valence-electron chi connectivity index (χ1n) is 6.25. The lowest BCUT2D eigenvalue weighted by Crippen LogP contribution is -2.00. The Morgan fingerprint density at radius 2 is 1.88 bits per heavy atom. The summed E-state index contributed by atoms with van der Waals surface area (Å²) in [5, 5.41) is 11.3. The number of hydrogen-bond donors (Lipinski definition) is 1. The van der Waals surface area contributed by atoms with Crippen LogP contribution in [0.1, 0.15) is 44.1 Å². The topological polar surface area (TPSA) is 33.4 Å². The van der Waals surface area contributed by atoms with Gasteiger partial charge < -0.3 is 9.52 Å². The molecule has 1 aromatic heterocycles. The number of aryl methyl sites for hydroxylation is 1. The van der Waals surface area contributed by atoms with Crippen LogP contribution in [0.5, 0.6) is 0 Å². The minimum Gasteiger partial charge on any atom is -0.461 e. The van der Waals surface area contributed by atoms with E-state index in [0.717, 1.165) is 35.1 Å². The monoisotopic (exact) mass is 232 g/mol. The van der Waals surface area contributed by atoms with E-state index in [-0.39, 0.29) is 0 Å². The van der Waals surface area contributed by atoms with Crippen LogP contribution >= 0.6 is 0 Å². The van der Waals surface area contributed by atoms with Gasteiger partial charge >= 0.3 is 0 Å². The van der Waals surface area contributed by atoms with Gasteiger partial charge in [-0.3, -0.25) is 0 Å². The zero-order valence-electron chi connectivity index (χ0n) is 10.7. The predicted molar refractivity (Wildman–Crippen MR) is 70.0 cm³/mol. The van der Waals surface area contributed by atoms with Gasteiger partial charge in [-0.15, -0.1) is 0 Å². The van der Waals surface area contributed by atoms with Crippen LogP contribution in [-0.2, 0) is 0 Å². The molecule has 0 spiro atoms. The van der Waals surface area contributed by atoms with Crippen molar-refractivity contribution in [2.24, 2.45) is 5.92 Å². The van der Waals surface area contributed by atoms with Gasteiger partial charge in [-0.25, -0.2) is 0 Å². The smallest absolute Gasteiger partial charge is 0.134 e. The third-order valence-corrected chi connectivity index (χ3v) is 3.17. The highest BCUT2D eigenvalue weighted by molar-refractivity contribution is 5.82. The summed E-state index contributed by atoms with van der Waals surface area (Å²) >= 11 is 0. The molecule has 2 nitrogen and oxygen atoms in total. The van der Waals surface area contributed by atoms with E-state index in [1.165, 1.54) is 0 Å². The summed E-state index contributed by atoms with van der Waals surface area (Å²) in [4.78, 5) is 0. The lowest BCUT2D eigenvalue weighted by Gasteiger charge is -2.11. The first-order valence-corrected chi connectivity index (χ1v) is 6.25. The summed E-state index contributed by atoms with van der Waals surface area (Å²) in [6.07, 6.45) is 1.41. The maximum atomic E-state index is 10.3. The summed E-state index contributed by atoms with van der Waals surface area (Å²) in [5.41, 5.74) is 1.82. The normalized spacial score (nSPS) is 13.5. The fraction of sp³-hybridized carbons (Fsp3) is 0.467. The SMILES string of the molecule is Cc1oc2ccccc2c1C(O)CCC(C)C. The van der Waals surface area contributed by atoms with Gasteiger partial charge in [0.2, 0.25) is 0 Å². The van der Waals surface area contributed by atoms with E-state index in [1.54, 1.807) is 0 Å². The molecule has 1 unspecified atom stereocenters. The second-order valence-electron chi connectivity index (χ2n) is 5.06. The van der Waals surface area contributed by atoms with E-state index in [2.05, 4.69) is 13.8 Å². The summed E-state index contributed by atoms with van der Waals surface area (Å²) in [6.45, 7) is 6.27. The minimum atomic E-state index is -0.416. The molecule has 0 aliphatic carbocycles. The molecule has 2 aromatic rings. The summed E-state index contributed by atoms with van der Waals surface area (Å²) in [5.74, 6) is 1.45. The van der Waals surface area contributed by atoms with Crippen molar-refractivity contribution in [1.29, 1.82) is 0 Å². The third kappa shape index (κ3) is 2.52. The highest BCUT2D eigenvalue weighted by atomic mass is 16.3. The summed E-state index contributed by atoms with van der Waals surface area (Å²) in [7, 11) is 0. The molecule has 2 heteroatoms. The minimum absolute atomic E-state index is 0.416. The largest absolute Gasteiger partial charge is 0.461 e. The molecule has 1 aromatic carbocycles. The van der Waals surface area contributed by atoms with Crippen molar-refractivity contribution in [3.63, 3.8) is 0 Å². The second kappa shape index (κ2) is 4.92. The van der Waals surface area contributed by atoms with Crippen LogP contribution < -0.4 is 0 Å². The predicted octanol–water partition coefficient (Wildman–Crippen LogP) is 4.21.